The van der Waals surface area contributed by atoms with Gasteiger partial charge in [0.2, 0.25) is 5.91 Å². The summed E-state index contributed by atoms with van der Waals surface area (Å²) in [6.45, 7) is 5.87. The number of nitrogens with one attached hydrogen (secondary N) is 1. The second kappa shape index (κ2) is 13.3. The van der Waals surface area contributed by atoms with Crippen LogP contribution in [0.5, 0.6) is 0 Å². The molecule has 3 saturated heterocycles. The van der Waals surface area contributed by atoms with Gasteiger partial charge in [0.05, 0.1) is 28.7 Å². The number of likely N-dealkylation sites (N-methyl/N-ethyl adjacent to an activating group) is 1. The number of amides is 3. The summed E-state index contributed by atoms with van der Waals surface area (Å²) in [7, 11) is 1.39. The maximum absolute atomic E-state index is 15.3. The zero-order valence-electron chi connectivity index (χ0n) is 25.5. The zero-order chi connectivity index (χ0) is 32.3. The van der Waals surface area contributed by atoms with Gasteiger partial charge >= 0.3 is 0 Å². The summed E-state index contributed by atoms with van der Waals surface area (Å²) < 4.78 is 15.3. The third-order valence-electron chi connectivity index (χ3n) is 9.65. The Labute approximate surface area is 261 Å². The van der Waals surface area contributed by atoms with Gasteiger partial charge in [-0.15, -0.1) is 0 Å². The fourth-order valence-electron chi connectivity index (χ4n) is 6.99. The summed E-state index contributed by atoms with van der Waals surface area (Å²) in [6, 6.07) is 1.39. The molecule has 242 valence electrons. The molecule has 45 heavy (non-hydrogen) atoms. The molecule has 1 aromatic carbocycles. The summed E-state index contributed by atoms with van der Waals surface area (Å²) >= 11 is 0. The Kier molecular flexibility index (Phi) is 9.51. The van der Waals surface area contributed by atoms with Gasteiger partial charge in [0.25, 0.3) is 11.8 Å². The van der Waals surface area contributed by atoms with Crippen LogP contribution in [0.15, 0.2) is 29.0 Å². The molecule has 13 nitrogen and oxygen atoms in total. The van der Waals surface area contributed by atoms with Gasteiger partial charge in [0.1, 0.15) is 18.1 Å². The number of benzene rings is 1. The molecule has 4 aliphatic rings. The largest absolute Gasteiger partial charge is 0.395 e. The second-order valence-electron chi connectivity index (χ2n) is 12.5. The van der Waals surface area contributed by atoms with Crippen LogP contribution in [-0.4, -0.2) is 110 Å². The number of halogens is 1. The highest BCUT2D eigenvalue weighted by Crippen LogP contribution is 2.44. The smallest absolute Gasteiger partial charge is 0.262 e. The molecule has 1 atom stereocenters. The molecule has 0 radical (unpaired) electrons. The van der Waals surface area contributed by atoms with Gasteiger partial charge < -0.3 is 36.3 Å². The number of aldehydes is 2. The van der Waals surface area contributed by atoms with Crippen LogP contribution in [0.1, 0.15) is 59.2 Å². The summed E-state index contributed by atoms with van der Waals surface area (Å²) in [5.74, 6) is -1.60. The van der Waals surface area contributed by atoms with E-state index in [0.717, 1.165) is 69.4 Å². The van der Waals surface area contributed by atoms with Crippen molar-refractivity contribution in [2.24, 2.45) is 27.8 Å². The number of carbonyl (C=O) groups excluding carboxylic acids is 5. The van der Waals surface area contributed by atoms with Crippen molar-refractivity contribution < 1.29 is 28.4 Å². The van der Waals surface area contributed by atoms with Crippen LogP contribution in [0.3, 0.4) is 0 Å². The number of carbonyl (C=O) groups is 5. The van der Waals surface area contributed by atoms with Crippen molar-refractivity contribution in [3.8, 4) is 0 Å². The van der Waals surface area contributed by atoms with E-state index in [1.165, 1.54) is 19.3 Å². The van der Waals surface area contributed by atoms with Gasteiger partial charge in [0.15, 0.2) is 12.2 Å². The third kappa shape index (κ3) is 6.56. The van der Waals surface area contributed by atoms with Gasteiger partial charge in [-0.3, -0.25) is 24.1 Å². The van der Waals surface area contributed by atoms with E-state index in [1.54, 1.807) is 0 Å². The molecular weight excluding hydrogens is 583 g/mol. The lowest BCUT2D eigenvalue weighted by Crippen LogP contribution is -2.61. The average Bonchev–Trinajstić information content (AvgIpc) is 3.27. The van der Waals surface area contributed by atoms with Crippen LogP contribution in [0.25, 0.3) is 0 Å². The molecule has 14 heteroatoms. The molecule has 5 rings (SSSR count). The Bertz CT molecular complexity index is 1410. The topological polar surface area (TPSA) is 175 Å². The Morgan fingerprint density at radius 3 is 2.33 bits per heavy atom. The third-order valence-corrected chi connectivity index (χ3v) is 9.65. The van der Waals surface area contributed by atoms with Gasteiger partial charge in [-0.05, 0) is 63.2 Å². The highest BCUT2D eigenvalue weighted by atomic mass is 19.1. The number of nitrogens with two attached hydrogens (primary N) is 2. The SMILES string of the molecule is CNC(=O)C(CCC=O)N1C(=O)c2cc(F)c(N3CC4(CCN(CC5CCN(C(N)=N/C=C(\N)C=O)CC5)CC4)C3)cc2C1=O. The van der Waals surface area contributed by atoms with Crippen LogP contribution in [-0.2, 0) is 14.4 Å². The van der Waals surface area contributed by atoms with Crippen molar-refractivity contribution in [3.63, 3.8) is 0 Å². The van der Waals surface area contributed by atoms with E-state index < -0.39 is 29.6 Å². The maximum Gasteiger partial charge on any atom is 0.262 e. The number of likely N-dealkylation sites (tertiary alicyclic amines) is 2. The Hall–Kier alpha value is -4.33. The predicted octanol–water partition coefficient (Wildman–Crippen LogP) is 0.443. The van der Waals surface area contributed by atoms with E-state index in [2.05, 4.69) is 15.2 Å². The summed E-state index contributed by atoms with van der Waals surface area (Å²) in [6.07, 6.45) is 6.41. The highest BCUT2D eigenvalue weighted by molar-refractivity contribution is 6.23. The Morgan fingerprint density at radius 1 is 1.09 bits per heavy atom. The average molecular weight is 625 g/mol. The zero-order valence-corrected chi connectivity index (χ0v) is 25.5. The minimum atomic E-state index is -1.15. The van der Waals surface area contributed by atoms with Crippen LogP contribution in [0, 0.1) is 17.2 Å². The van der Waals surface area contributed by atoms with E-state index in [1.807, 2.05) is 9.80 Å². The Balaban J connectivity index is 1.14. The summed E-state index contributed by atoms with van der Waals surface area (Å²) in [5.41, 5.74) is 11.9. The fourth-order valence-corrected chi connectivity index (χ4v) is 6.99. The molecule has 0 bridgehead atoms. The van der Waals surface area contributed by atoms with E-state index in [0.29, 0.717) is 37.5 Å². The molecule has 4 heterocycles. The number of hydrogen-bond acceptors (Lipinski definition) is 9. The first kappa shape index (κ1) is 32.1. The number of rotatable bonds is 10. The molecule has 3 amide bonds. The summed E-state index contributed by atoms with van der Waals surface area (Å²) in [4.78, 5) is 71.8. The molecular formula is C31H41FN8O5. The number of nitrogens with zero attached hydrogens (tertiary/aromatic N) is 5. The molecule has 4 aliphatic heterocycles. The number of aliphatic imine (C=N–C) groups is 1. The first-order chi connectivity index (χ1) is 21.6. The fraction of sp³-hybridized carbons (Fsp3) is 0.548. The van der Waals surface area contributed by atoms with Crippen molar-refractivity contribution >= 4 is 41.9 Å². The number of imide groups is 1. The normalized spacial score (nSPS) is 21.5. The maximum atomic E-state index is 15.3. The van der Waals surface area contributed by atoms with E-state index in [-0.39, 0.29) is 40.8 Å². The standard InChI is InChI=1S/C31H41FN8O5/c1-35-27(43)25(3-2-12-41)40-28(44)22-13-24(32)26(14-23(22)29(40)45)39-18-31(19-39)6-10-37(11-7-31)16-20-4-8-38(9-5-20)30(34)36-15-21(33)17-42/h12-15,17,20,25H,2-11,16,18-19,33H2,1H3,(H2,34,36)(H,35,43)/b21-15-. The van der Waals surface area contributed by atoms with Crippen LogP contribution in [0.4, 0.5) is 10.1 Å². The van der Waals surface area contributed by atoms with Crippen LogP contribution < -0.4 is 21.7 Å². The van der Waals surface area contributed by atoms with Crippen LogP contribution >= 0.6 is 0 Å². The van der Waals surface area contributed by atoms with E-state index in [9.17, 15) is 24.0 Å². The number of allylic oxidation sites excluding steroid dienone is 1. The highest BCUT2D eigenvalue weighted by Gasteiger charge is 2.48. The lowest BCUT2D eigenvalue weighted by atomic mass is 9.71. The van der Waals surface area contributed by atoms with Crippen LogP contribution in [0.2, 0.25) is 0 Å². The molecule has 3 fully saturated rings. The molecule has 0 saturated carbocycles. The molecule has 1 spiro atoms. The van der Waals surface area contributed by atoms with Crippen molar-refractivity contribution in [3.05, 3.63) is 41.0 Å². The van der Waals surface area contributed by atoms with Crippen molar-refractivity contribution in [2.75, 3.05) is 57.8 Å². The number of anilines is 1. The number of hydrogen-bond donors (Lipinski definition) is 3. The lowest BCUT2D eigenvalue weighted by molar-refractivity contribution is -0.124. The molecule has 1 unspecified atom stereocenters. The molecule has 0 aliphatic carbocycles. The lowest BCUT2D eigenvalue weighted by Gasteiger charge is -2.55. The van der Waals surface area contributed by atoms with Crippen molar-refractivity contribution in [1.82, 2.24) is 20.0 Å². The van der Waals surface area contributed by atoms with Gasteiger partial charge in [-0.1, -0.05) is 0 Å². The molecule has 0 aromatic heterocycles. The van der Waals surface area contributed by atoms with E-state index >= 15 is 4.39 Å². The number of piperidine rings is 2. The minimum absolute atomic E-state index is 0.000605. The summed E-state index contributed by atoms with van der Waals surface area (Å²) in [5, 5.41) is 2.44. The molecule has 5 N–H and O–H groups in total. The Morgan fingerprint density at radius 2 is 1.73 bits per heavy atom. The van der Waals surface area contributed by atoms with Crippen molar-refractivity contribution in [2.45, 2.75) is 44.6 Å². The molecule has 1 aromatic rings. The van der Waals surface area contributed by atoms with Gasteiger partial charge in [0, 0.05) is 51.6 Å². The van der Waals surface area contributed by atoms with Gasteiger partial charge in [-0.2, -0.15) is 0 Å². The number of guanidine groups is 1. The quantitative estimate of drug-likeness (QED) is 0.109. The second-order valence-corrected chi connectivity index (χ2v) is 12.5. The van der Waals surface area contributed by atoms with Gasteiger partial charge in [-0.25, -0.2) is 9.38 Å². The van der Waals surface area contributed by atoms with Crippen molar-refractivity contribution in [1.29, 1.82) is 0 Å². The first-order valence-electron chi connectivity index (χ1n) is 15.4. The first-order valence-corrected chi connectivity index (χ1v) is 15.4. The predicted molar refractivity (Wildman–Crippen MR) is 165 cm³/mol. The number of fused-ring (bicyclic) bond motifs is 1. The van der Waals surface area contributed by atoms with E-state index in [4.69, 9.17) is 11.5 Å². The monoisotopic (exact) mass is 624 g/mol. The minimum Gasteiger partial charge on any atom is -0.395 e.